The van der Waals surface area contributed by atoms with E-state index in [0.717, 1.165) is 55.4 Å². The quantitative estimate of drug-likeness (QED) is 0.462. The first kappa shape index (κ1) is 26.0. The second kappa shape index (κ2) is 13.3. The third kappa shape index (κ3) is 7.60. The van der Waals surface area contributed by atoms with Gasteiger partial charge in [-0.05, 0) is 69.0 Å². The van der Waals surface area contributed by atoms with Crippen LogP contribution in [0.25, 0.3) is 10.9 Å². The van der Waals surface area contributed by atoms with E-state index in [2.05, 4.69) is 17.6 Å². The molecule has 2 aromatic rings. The number of benzene rings is 1. The van der Waals surface area contributed by atoms with Crippen LogP contribution in [0.3, 0.4) is 0 Å². The maximum atomic E-state index is 12.5. The fourth-order valence-electron chi connectivity index (χ4n) is 3.90. The van der Waals surface area contributed by atoms with E-state index in [1.807, 2.05) is 24.3 Å². The van der Waals surface area contributed by atoms with E-state index < -0.39 is 0 Å². The van der Waals surface area contributed by atoms with Gasteiger partial charge in [0.1, 0.15) is 0 Å². The summed E-state index contributed by atoms with van der Waals surface area (Å²) in [7, 11) is 0. The van der Waals surface area contributed by atoms with Crippen molar-refractivity contribution in [3.8, 4) is 0 Å². The topological polar surface area (TPSA) is 54.0 Å². The van der Waals surface area contributed by atoms with Crippen LogP contribution in [-0.2, 0) is 11.2 Å². The van der Waals surface area contributed by atoms with E-state index in [1.165, 1.54) is 19.3 Å². The summed E-state index contributed by atoms with van der Waals surface area (Å²) < 4.78 is 0. The minimum absolute atomic E-state index is 0. The molecule has 0 radical (unpaired) electrons. The highest BCUT2D eigenvalue weighted by Crippen LogP contribution is 2.32. The Hall–Kier alpha value is -1.07. The van der Waals surface area contributed by atoms with Gasteiger partial charge in [0.15, 0.2) is 0 Å². The van der Waals surface area contributed by atoms with E-state index in [9.17, 15) is 4.79 Å². The Labute approximate surface area is 191 Å². The molecule has 2 N–H and O–H groups in total. The average molecular weight is 461 g/mol. The zero-order valence-electron chi connectivity index (χ0n) is 17.0. The first-order chi connectivity index (χ1) is 13.2. The molecule has 1 fully saturated rings. The summed E-state index contributed by atoms with van der Waals surface area (Å²) in [5, 5.41) is 7.88. The first-order valence-electron chi connectivity index (χ1n) is 10.3. The van der Waals surface area contributed by atoms with Crippen LogP contribution in [0.4, 0.5) is 5.69 Å². The number of aryl methyl sites for hydroxylation is 1. The number of hydrogen-bond donors (Lipinski definition) is 2. The lowest BCUT2D eigenvalue weighted by Crippen LogP contribution is -2.18. The van der Waals surface area contributed by atoms with Gasteiger partial charge < -0.3 is 10.6 Å². The molecule has 1 aromatic heterocycles. The third-order valence-corrected chi connectivity index (χ3v) is 5.69. The van der Waals surface area contributed by atoms with Gasteiger partial charge in [0.25, 0.3) is 0 Å². The number of carbonyl (C=O) groups is 1. The maximum absolute atomic E-state index is 12.5. The van der Waals surface area contributed by atoms with Gasteiger partial charge in [0, 0.05) is 17.5 Å². The van der Waals surface area contributed by atoms with Crippen LogP contribution in [0.15, 0.2) is 24.3 Å². The van der Waals surface area contributed by atoms with Gasteiger partial charge in [0.05, 0.1) is 16.2 Å². The van der Waals surface area contributed by atoms with Gasteiger partial charge in [0.2, 0.25) is 5.91 Å². The fourth-order valence-corrected chi connectivity index (χ4v) is 4.11. The zero-order chi connectivity index (χ0) is 19.1. The number of carbonyl (C=O) groups excluding carboxylic acids is 1. The number of aromatic nitrogens is 1. The van der Waals surface area contributed by atoms with Crippen molar-refractivity contribution in [1.82, 2.24) is 10.3 Å². The number of fused-ring (bicyclic) bond motifs is 1. The van der Waals surface area contributed by atoms with Crippen LogP contribution in [0.5, 0.6) is 0 Å². The molecule has 1 amide bonds. The predicted molar refractivity (Wildman–Crippen MR) is 128 cm³/mol. The predicted octanol–water partition coefficient (Wildman–Crippen LogP) is 6.18. The van der Waals surface area contributed by atoms with Crippen LogP contribution in [0.1, 0.15) is 57.6 Å². The number of nitrogens with zero attached hydrogens (tertiary/aromatic N) is 1. The van der Waals surface area contributed by atoms with Crippen molar-refractivity contribution in [2.75, 3.05) is 18.4 Å². The number of anilines is 1. The van der Waals surface area contributed by atoms with Crippen molar-refractivity contribution in [2.24, 2.45) is 5.92 Å². The molecule has 0 unspecified atom stereocenters. The monoisotopic (exact) mass is 459 g/mol. The van der Waals surface area contributed by atoms with E-state index in [1.54, 1.807) is 0 Å². The van der Waals surface area contributed by atoms with Gasteiger partial charge in [-0.2, -0.15) is 0 Å². The van der Waals surface area contributed by atoms with E-state index >= 15 is 0 Å². The highest BCUT2D eigenvalue weighted by atomic mass is 35.5. The SMILES string of the molecule is CCNCCCc1ccc2c(NC(=O)CC3CCCCC3)c(Cl)ccc2n1.Cl.Cl. The number of halogens is 3. The van der Waals surface area contributed by atoms with Gasteiger partial charge in [-0.1, -0.05) is 37.8 Å². The van der Waals surface area contributed by atoms with Crippen LogP contribution in [-0.4, -0.2) is 24.0 Å². The minimum atomic E-state index is 0. The van der Waals surface area contributed by atoms with Gasteiger partial charge in [-0.25, -0.2) is 0 Å². The molecule has 0 saturated heterocycles. The lowest BCUT2D eigenvalue weighted by molar-refractivity contribution is -0.117. The third-order valence-electron chi connectivity index (χ3n) is 5.38. The molecule has 3 rings (SSSR count). The average Bonchev–Trinajstić information content (AvgIpc) is 2.68. The summed E-state index contributed by atoms with van der Waals surface area (Å²) in [5.74, 6) is 0.569. The normalized spacial score (nSPS) is 14.1. The van der Waals surface area contributed by atoms with Crippen molar-refractivity contribution in [2.45, 2.75) is 58.3 Å². The zero-order valence-corrected chi connectivity index (χ0v) is 19.4. The summed E-state index contributed by atoms with van der Waals surface area (Å²) in [6.07, 6.45) is 8.70. The van der Waals surface area contributed by atoms with Crippen molar-refractivity contribution in [3.63, 3.8) is 0 Å². The Kier molecular flexibility index (Phi) is 11.9. The Morgan fingerprint density at radius 2 is 1.90 bits per heavy atom. The smallest absolute Gasteiger partial charge is 0.224 e. The number of nitrogens with one attached hydrogen (secondary N) is 2. The summed E-state index contributed by atoms with van der Waals surface area (Å²) in [5.41, 5.74) is 2.65. The van der Waals surface area contributed by atoms with Crippen LogP contribution in [0, 0.1) is 5.92 Å². The molecule has 1 saturated carbocycles. The summed E-state index contributed by atoms with van der Waals surface area (Å²) in [6, 6.07) is 7.84. The second-order valence-corrected chi connectivity index (χ2v) is 7.91. The molecular formula is C22H32Cl3N3O. The standard InChI is InChI=1S/C22H30ClN3O.2ClH/c1-2-24-14-6-9-17-10-11-18-20(25-17)13-12-19(23)22(18)26-21(27)15-16-7-4-3-5-8-16;;/h10-13,16,24H,2-9,14-15H2,1H3,(H,26,27);2*1H. The molecule has 162 valence electrons. The molecular weight excluding hydrogens is 429 g/mol. The summed E-state index contributed by atoms with van der Waals surface area (Å²) in [4.78, 5) is 17.3. The summed E-state index contributed by atoms with van der Waals surface area (Å²) in [6.45, 7) is 4.11. The Bertz CT molecular complexity index is 779. The molecule has 29 heavy (non-hydrogen) atoms. The second-order valence-electron chi connectivity index (χ2n) is 7.51. The van der Waals surface area contributed by atoms with Crippen LogP contribution >= 0.6 is 36.4 Å². The number of rotatable bonds is 8. The Morgan fingerprint density at radius 3 is 2.62 bits per heavy atom. The molecule has 0 spiro atoms. The lowest BCUT2D eigenvalue weighted by atomic mass is 9.87. The minimum Gasteiger partial charge on any atom is -0.324 e. The molecule has 1 aromatic carbocycles. The number of pyridine rings is 1. The highest BCUT2D eigenvalue weighted by molar-refractivity contribution is 6.35. The van der Waals surface area contributed by atoms with Crippen molar-refractivity contribution >= 4 is 58.9 Å². The van der Waals surface area contributed by atoms with Crippen LogP contribution in [0.2, 0.25) is 5.02 Å². The number of hydrogen-bond acceptors (Lipinski definition) is 3. The molecule has 0 aliphatic heterocycles. The van der Waals surface area contributed by atoms with Crippen molar-refractivity contribution in [3.05, 3.63) is 35.0 Å². The number of amides is 1. The highest BCUT2D eigenvalue weighted by Gasteiger charge is 2.18. The Balaban J connectivity index is 0.00000210. The molecule has 7 heteroatoms. The van der Waals surface area contributed by atoms with E-state index in [4.69, 9.17) is 16.6 Å². The van der Waals surface area contributed by atoms with Crippen molar-refractivity contribution in [1.29, 1.82) is 0 Å². The molecule has 0 bridgehead atoms. The molecule has 1 heterocycles. The largest absolute Gasteiger partial charge is 0.324 e. The van der Waals surface area contributed by atoms with Crippen LogP contribution < -0.4 is 10.6 Å². The molecule has 1 aliphatic rings. The molecule has 4 nitrogen and oxygen atoms in total. The van der Waals surface area contributed by atoms with E-state index in [0.29, 0.717) is 23.0 Å². The van der Waals surface area contributed by atoms with Gasteiger partial charge in [-0.3, -0.25) is 9.78 Å². The summed E-state index contributed by atoms with van der Waals surface area (Å²) >= 11 is 6.40. The van der Waals surface area contributed by atoms with Gasteiger partial charge >= 0.3 is 0 Å². The van der Waals surface area contributed by atoms with Gasteiger partial charge in [-0.15, -0.1) is 24.8 Å². The first-order valence-corrected chi connectivity index (χ1v) is 10.6. The van der Waals surface area contributed by atoms with Crippen molar-refractivity contribution < 1.29 is 4.79 Å². The molecule has 0 atom stereocenters. The Morgan fingerprint density at radius 1 is 1.14 bits per heavy atom. The fraction of sp³-hybridized carbons (Fsp3) is 0.545. The van der Waals surface area contributed by atoms with E-state index in [-0.39, 0.29) is 30.7 Å². The molecule has 1 aliphatic carbocycles. The maximum Gasteiger partial charge on any atom is 0.224 e. The lowest BCUT2D eigenvalue weighted by Gasteiger charge is -2.21.